The summed E-state index contributed by atoms with van der Waals surface area (Å²) in [4.78, 5) is 22.5. The van der Waals surface area contributed by atoms with E-state index >= 15 is 0 Å². The fourth-order valence-corrected chi connectivity index (χ4v) is 1.29. The third kappa shape index (κ3) is 3.11. The van der Waals surface area contributed by atoms with Crippen LogP contribution in [0.5, 0.6) is 11.5 Å². The van der Waals surface area contributed by atoms with Gasteiger partial charge >= 0.3 is 5.97 Å². The van der Waals surface area contributed by atoms with E-state index < -0.39 is 29.4 Å². The number of rotatable bonds is 5. The number of nitrogens with one attached hydrogen (secondary N) is 1. The lowest BCUT2D eigenvalue weighted by molar-refractivity contribution is -0.140. The van der Waals surface area contributed by atoms with Gasteiger partial charge in [0.2, 0.25) is 0 Å². The number of carboxylic acids is 1. The Balaban J connectivity index is 2.87. The van der Waals surface area contributed by atoms with Crippen molar-refractivity contribution in [1.29, 1.82) is 0 Å². The van der Waals surface area contributed by atoms with Crippen molar-refractivity contribution in [3.63, 3.8) is 0 Å². The predicted molar refractivity (Wildman–Crippen MR) is 60.5 cm³/mol. The molecule has 1 aromatic rings. The molecule has 1 atom stereocenters. The van der Waals surface area contributed by atoms with E-state index in [-0.39, 0.29) is 12.2 Å². The lowest BCUT2D eigenvalue weighted by Crippen LogP contribution is -2.43. The van der Waals surface area contributed by atoms with Crippen molar-refractivity contribution in [2.45, 2.75) is 6.04 Å². The summed E-state index contributed by atoms with van der Waals surface area (Å²) in [6, 6.07) is 2.59. The zero-order valence-corrected chi connectivity index (χ0v) is 9.58. The van der Waals surface area contributed by atoms with Crippen LogP contribution in [0.15, 0.2) is 18.2 Å². The molecule has 0 heterocycles. The third-order valence-electron chi connectivity index (χ3n) is 2.20. The van der Waals surface area contributed by atoms with Gasteiger partial charge in [-0.2, -0.15) is 0 Å². The lowest BCUT2D eigenvalue weighted by atomic mass is 10.1. The summed E-state index contributed by atoms with van der Waals surface area (Å²) < 4.78 is 4.65. The summed E-state index contributed by atoms with van der Waals surface area (Å²) in [5.74, 6) is -3.13. The first-order valence-electron chi connectivity index (χ1n) is 5.01. The molecule has 1 amide bonds. The molecule has 1 rings (SSSR count). The maximum atomic E-state index is 11.7. The number of aromatic hydroxyl groups is 2. The van der Waals surface area contributed by atoms with Gasteiger partial charge in [0, 0.05) is 7.11 Å². The zero-order chi connectivity index (χ0) is 13.7. The number of ether oxygens (including phenoxy) is 1. The fraction of sp³-hybridized carbons (Fsp3) is 0.273. The molecular weight excluding hydrogens is 242 g/mol. The van der Waals surface area contributed by atoms with Crippen molar-refractivity contribution in [2.75, 3.05) is 13.7 Å². The van der Waals surface area contributed by atoms with Crippen molar-refractivity contribution in [2.24, 2.45) is 0 Å². The highest BCUT2D eigenvalue weighted by Crippen LogP contribution is 2.27. The molecule has 0 aliphatic heterocycles. The van der Waals surface area contributed by atoms with Crippen LogP contribution >= 0.6 is 0 Å². The Morgan fingerprint density at radius 3 is 2.61 bits per heavy atom. The predicted octanol–water partition coefficient (Wildman–Crippen LogP) is -0.0728. The summed E-state index contributed by atoms with van der Waals surface area (Å²) in [5, 5.41) is 29.7. The minimum atomic E-state index is -1.26. The number of carbonyl (C=O) groups is 2. The molecule has 18 heavy (non-hydrogen) atoms. The number of phenols is 2. The summed E-state index contributed by atoms with van der Waals surface area (Å²) >= 11 is 0. The number of carbonyl (C=O) groups excluding carboxylic acids is 1. The molecule has 0 spiro atoms. The average molecular weight is 255 g/mol. The minimum Gasteiger partial charge on any atom is -0.504 e. The van der Waals surface area contributed by atoms with Crippen molar-refractivity contribution < 1.29 is 29.6 Å². The highest BCUT2D eigenvalue weighted by atomic mass is 16.5. The molecule has 0 radical (unpaired) electrons. The van der Waals surface area contributed by atoms with Gasteiger partial charge in [0.25, 0.3) is 5.91 Å². The number of para-hydroxylation sites is 1. The number of phenolic OH excluding ortho intramolecular Hbond substituents is 2. The van der Waals surface area contributed by atoms with E-state index in [0.717, 1.165) is 0 Å². The molecule has 4 N–H and O–H groups in total. The summed E-state index contributed by atoms with van der Waals surface area (Å²) in [5.41, 5.74) is -0.211. The fourth-order valence-electron chi connectivity index (χ4n) is 1.29. The van der Waals surface area contributed by atoms with Crippen LogP contribution in [0.2, 0.25) is 0 Å². The molecule has 1 unspecified atom stereocenters. The molecule has 0 aliphatic rings. The topological polar surface area (TPSA) is 116 Å². The Morgan fingerprint density at radius 2 is 2.06 bits per heavy atom. The highest BCUT2D eigenvalue weighted by molar-refractivity contribution is 5.99. The molecule has 7 heteroatoms. The molecule has 0 aliphatic carbocycles. The van der Waals surface area contributed by atoms with Gasteiger partial charge in [-0.3, -0.25) is 4.79 Å². The second-order valence-electron chi connectivity index (χ2n) is 3.49. The van der Waals surface area contributed by atoms with Crippen LogP contribution in [0, 0.1) is 0 Å². The first kappa shape index (κ1) is 13.8. The van der Waals surface area contributed by atoms with Crippen molar-refractivity contribution in [1.82, 2.24) is 5.32 Å². The Morgan fingerprint density at radius 1 is 1.39 bits per heavy atom. The number of carboxylic acid groups (broad SMARTS) is 1. The first-order chi connectivity index (χ1) is 8.47. The molecule has 0 aromatic heterocycles. The van der Waals surface area contributed by atoms with Crippen LogP contribution < -0.4 is 5.32 Å². The van der Waals surface area contributed by atoms with Crippen LogP contribution in [-0.2, 0) is 9.53 Å². The first-order valence-corrected chi connectivity index (χ1v) is 5.01. The van der Waals surface area contributed by atoms with Gasteiger partial charge in [-0.1, -0.05) is 6.07 Å². The molecule has 0 fully saturated rings. The van der Waals surface area contributed by atoms with Crippen LogP contribution in [0.4, 0.5) is 0 Å². The van der Waals surface area contributed by atoms with Crippen molar-refractivity contribution in [3.8, 4) is 11.5 Å². The van der Waals surface area contributed by atoms with E-state index in [2.05, 4.69) is 10.1 Å². The maximum Gasteiger partial charge on any atom is 0.328 e. The lowest BCUT2D eigenvalue weighted by Gasteiger charge is -2.14. The van der Waals surface area contributed by atoms with E-state index in [4.69, 9.17) is 5.11 Å². The molecule has 0 saturated heterocycles. The standard InChI is InChI=1S/C11H13NO6/c1-18-5-7(11(16)17)12-10(15)6-3-2-4-8(13)9(6)14/h2-4,7,13-14H,5H2,1H3,(H,12,15)(H,16,17). The maximum absolute atomic E-state index is 11.7. The molecule has 0 saturated carbocycles. The van der Waals surface area contributed by atoms with E-state index in [1.165, 1.54) is 25.3 Å². The largest absolute Gasteiger partial charge is 0.504 e. The zero-order valence-electron chi connectivity index (χ0n) is 9.58. The quantitative estimate of drug-likeness (QED) is 0.547. The van der Waals surface area contributed by atoms with Gasteiger partial charge in [0.05, 0.1) is 12.2 Å². The van der Waals surface area contributed by atoms with E-state index in [0.29, 0.717) is 0 Å². The second kappa shape index (κ2) is 5.87. The van der Waals surface area contributed by atoms with Gasteiger partial charge in [-0.05, 0) is 12.1 Å². The van der Waals surface area contributed by atoms with Crippen LogP contribution in [0.3, 0.4) is 0 Å². The summed E-state index contributed by atoms with van der Waals surface area (Å²) in [6.45, 7) is -0.208. The summed E-state index contributed by atoms with van der Waals surface area (Å²) in [6.07, 6.45) is 0. The number of hydrogen-bond donors (Lipinski definition) is 4. The van der Waals surface area contributed by atoms with E-state index in [9.17, 15) is 19.8 Å². The minimum absolute atomic E-state index is 0.208. The normalized spacial score (nSPS) is 11.8. The molecule has 7 nitrogen and oxygen atoms in total. The van der Waals surface area contributed by atoms with E-state index in [1.54, 1.807) is 0 Å². The van der Waals surface area contributed by atoms with E-state index in [1.807, 2.05) is 0 Å². The Labute approximate surface area is 103 Å². The number of amides is 1. The van der Waals surface area contributed by atoms with Gasteiger partial charge in [-0.25, -0.2) is 4.79 Å². The van der Waals surface area contributed by atoms with Gasteiger partial charge in [0.1, 0.15) is 0 Å². The number of aliphatic carboxylic acids is 1. The molecule has 98 valence electrons. The van der Waals surface area contributed by atoms with Crippen LogP contribution in [-0.4, -0.2) is 47.0 Å². The number of hydrogen-bond acceptors (Lipinski definition) is 5. The van der Waals surface area contributed by atoms with Gasteiger partial charge in [-0.15, -0.1) is 0 Å². The summed E-state index contributed by atoms with van der Waals surface area (Å²) in [7, 11) is 1.30. The highest BCUT2D eigenvalue weighted by Gasteiger charge is 2.22. The Bertz CT molecular complexity index is 459. The average Bonchev–Trinajstić information content (AvgIpc) is 2.31. The number of benzene rings is 1. The Hall–Kier alpha value is -2.28. The molecule has 0 bridgehead atoms. The Kier molecular flexibility index (Phi) is 4.50. The van der Waals surface area contributed by atoms with Crippen LogP contribution in [0.1, 0.15) is 10.4 Å². The van der Waals surface area contributed by atoms with Crippen molar-refractivity contribution >= 4 is 11.9 Å². The monoisotopic (exact) mass is 255 g/mol. The molecule has 1 aromatic carbocycles. The van der Waals surface area contributed by atoms with Gasteiger partial charge in [0.15, 0.2) is 17.5 Å². The molecular formula is C11H13NO6. The third-order valence-corrected chi connectivity index (χ3v) is 2.20. The van der Waals surface area contributed by atoms with Crippen LogP contribution in [0.25, 0.3) is 0 Å². The number of methoxy groups -OCH3 is 1. The second-order valence-corrected chi connectivity index (χ2v) is 3.49. The van der Waals surface area contributed by atoms with Crippen molar-refractivity contribution in [3.05, 3.63) is 23.8 Å². The SMILES string of the molecule is COCC(NC(=O)c1cccc(O)c1O)C(=O)O. The van der Waals surface area contributed by atoms with Gasteiger partial charge < -0.3 is 25.4 Å². The smallest absolute Gasteiger partial charge is 0.328 e.